The Bertz CT molecular complexity index is 369. The summed E-state index contributed by atoms with van der Waals surface area (Å²) in [7, 11) is 0. The second-order valence-corrected chi connectivity index (χ2v) is 5.53. The molecule has 0 bridgehead atoms. The Kier molecular flexibility index (Phi) is 4.31. The highest BCUT2D eigenvalue weighted by molar-refractivity contribution is 6.35. The van der Waals surface area contributed by atoms with E-state index >= 15 is 0 Å². The van der Waals surface area contributed by atoms with Gasteiger partial charge in [0.2, 0.25) is 0 Å². The number of nitrogens with one attached hydrogen (secondary N) is 1. The average Bonchev–Trinajstić information content (AvgIpc) is 2.29. The van der Waals surface area contributed by atoms with E-state index in [0.717, 1.165) is 31.5 Å². The van der Waals surface area contributed by atoms with Crippen molar-refractivity contribution in [1.29, 1.82) is 0 Å². The first-order chi connectivity index (χ1) is 8.11. The summed E-state index contributed by atoms with van der Waals surface area (Å²) in [6.07, 6.45) is 2.22. The summed E-state index contributed by atoms with van der Waals surface area (Å²) in [5.41, 5.74) is 0.767. The highest BCUT2D eigenvalue weighted by Crippen LogP contribution is 2.28. The normalized spacial score (nSPS) is 24.9. The predicted molar refractivity (Wildman–Crippen MR) is 71.8 cm³/mol. The predicted octanol–water partition coefficient (Wildman–Crippen LogP) is 3.65. The van der Waals surface area contributed by atoms with Crippen molar-refractivity contribution in [1.82, 2.24) is 5.32 Å². The standard InChI is InChI=1S/C13H17Cl2NO/c1-13(6-3-7-16-9-13)17-8-10-11(14)4-2-5-12(10)15/h2,4-5,16H,3,6-9H2,1H3. The number of ether oxygens (including phenoxy) is 1. The van der Waals surface area contributed by atoms with Crippen LogP contribution in [0.2, 0.25) is 10.0 Å². The summed E-state index contributed by atoms with van der Waals surface area (Å²) >= 11 is 12.2. The van der Waals surface area contributed by atoms with E-state index in [9.17, 15) is 0 Å². The Labute approximate surface area is 112 Å². The van der Waals surface area contributed by atoms with Crippen molar-refractivity contribution in [2.45, 2.75) is 32.0 Å². The van der Waals surface area contributed by atoms with Gasteiger partial charge in [0.05, 0.1) is 12.2 Å². The van der Waals surface area contributed by atoms with E-state index in [2.05, 4.69) is 12.2 Å². The number of rotatable bonds is 3. The molecule has 2 rings (SSSR count). The number of benzene rings is 1. The van der Waals surface area contributed by atoms with E-state index in [4.69, 9.17) is 27.9 Å². The van der Waals surface area contributed by atoms with Crippen LogP contribution >= 0.6 is 23.2 Å². The lowest BCUT2D eigenvalue weighted by Gasteiger charge is -2.34. The molecule has 2 nitrogen and oxygen atoms in total. The van der Waals surface area contributed by atoms with Crippen molar-refractivity contribution in [2.24, 2.45) is 0 Å². The van der Waals surface area contributed by atoms with Gasteiger partial charge in [0.25, 0.3) is 0 Å². The van der Waals surface area contributed by atoms with Gasteiger partial charge in [-0.15, -0.1) is 0 Å². The SMILES string of the molecule is CC1(OCc2c(Cl)cccc2Cl)CCCNC1. The first kappa shape index (κ1) is 13.2. The lowest BCUT2D eigenvalue weighted by molar-refractivity contribution is -0.0570. The van der Waals surface area contributed by atoms with Crippen LogP contribution in [-0.4, -0.2) is 18.7 Å². The third kappa shape index (κ3) is 3.35. The zero-order valence-corrected chi connectivity index (χ0v) is 11.4. The van der Waals surface area contributed by atoms with Crippen LogP contribution in [0.15, 0.2) is 18.2 Å². The van der Waals surface area contributed by atoms with E-state index in [-0.39, 0.29) is 5.60 Å². The Morgan fingerprint density at radius 2 is 2.06 bits per heavy atom. The van der Waals surface area contributed by atoms with E-state index in [1.807, 2.05) is 18.2 Å². The van der Waals surface area contributed by atoms with E-state index in [1.54, 1.807) is 0 Å². The summed E-state index contributed by atoms with van der Waals surface area (Å²) in [6, 6.07) is 5.53. The minimum atomic E-state index is -0.110. The van der Waals surface area contributed by atoms with Gasteiger partial charge in [0.1, 0.15) is 0 Å². The maximum Gasteiger partial charge on any atom is 0.0783 e. The zero-order valence-electron chi connectivity index (χ0n) is 9.93. The van der Waals surface area contributed by atoms with Gasteiger partial charge < -0.3 is 10.1 Å². The van der Waals surface area contributed by atoms with Gasteiger partial charge in [-0.05, 0) is 38.4 Å². The molecule has 0 aromatic heterocycles. The Morgan fingerprint density at radius 1 is 1.35 bits per heavy atom. The monoisotopic (exact) mass is 273 g/mol. The molecule has 1 saturated heterocycles. The first-order valence-electron chi connectivity index (χ1n) is 5.88. The molecule has 0 saturated carbocycles. The molecule has 1 aliphatic heterocycles. The van der Waals surface area contributed by atoms with Gasteiger partial charge in [-0.1, -0.05) is 29.3 Å². The molecule has 1 fully saturated rings. The molecule has 1 atom stereocenters. The third-order valence-electron chi connectivity index (χ3n) is 3.18. The Balaban J connectivity index is 2.02. The topological polar surface area (TPSA) is 21.3 Å². The largest absolute Gasteiger partial charge is 0.369 e. The third-order valence-corrected chi connectivity index (χ3v) is 3.89. The molecule has 94 valence electrons. The summed E-state index contributed by atoms with van der Waals surface area (Å²) < 4.78 is 5.99. The summed E-state index contributed by atoms with van der Waals surface area (Å²) in [4.78, 5) is 0. The number of hydrogen-bond donors (Lipinski definition) is 1. The second-order valence-electron chi connectivity index (χ2n) is 4.72. The molecule has 4 heteroatoms. The molecule has 1 aliphatic rings. The summed E-state index contributed by atoms with van der Waals surface area (Å²) in [5, 5.41) is 4.69. The molecular formula is C13H17Cl2NO. The average molecular weight is 274 g/mol. The molecule has 17 heavy (non-hydrogen) atoms. The van der Waals surface area contributed by atoms with E-state index < -0.39 is 0 Å². The highest BCUT2D eigenvalue weighted by Gasteiger charge is 2.27. The number of hydrogen-bond acceptors (Lipinski definition) is 2. The van der Waals surface area contributed by atoms with Crippen LogP contribution in [0.5, 0.6) is 0 Å². The van der Waals surface area contributed by atoms with Crippen LogP contribution in [0, 0.1) is 0 Å². The van der Waals surface area contributed by atoms with Crippen molar-refractivity contribution >= 4 is 23.2 Å². The minimum Gasteiger partial charge on any atom is -0.369 e. The van der Waals surface area contributed by atoms with Gasteiger partial charge in [0.15, 0.2) is 0 Å². The molecular weight excluding hydrogens is 257 g/mol. The Hall–Kier alpha value is -0.280. The Morgan fingerprint density at radius 3 is 2.65 bits per heavy atom. The van der Waals surface area contributed by atoms with Crippen LogP contribution < -0.4 is 5.32 Å². The van der Waals surface area contributed by atoms with E-state index in [0.29, 0.717) is 16.7 Å². The van der Waals surface area contributed by atoms with Gasteiger partial charge in [0, 0.05) is 22.2 Å². The maximum absolute atomic E-state index is 6.11. The lowest BCUT2D eigenvalue weighted by Crippen LogP contribution is -2.45. The van der Waals surface area contributed by atoms with Crippen LogP contribution in [0.4, 0.5) is 0 Å². The molecule has 0 aliphatic carbocycles. The number of piperidine rings is 1. The van der Waals surface area contributed by atoms with Crippen molar-refractivity contribution in [3.63, 3.8) is 0 Å². The second kappa shape index (κ2) is 5.57. The van der Waals surface area contributed by atoms with Gasteiger partial charge in [-0.25, -0.2) is 0 Å². The zero-order chi connectivity index (χ0) is 12.3. The molecule has 1 aromatic carbocycles. The summed E-state index contributed by atoms with van der Waals surface area (Å²) in [5.74, 6) is 0. The quantitative estimate of drug-likeness (QED) is 0.908. The van der Waals surface area contributed by atoms with Crippen molar-refractivity contribution in [2.75, 3.05) is 13.1 Å². The lowest BCUT2D eigenvalue weighted by atomic mass is 9.96. The van der Waals surface area contributed by atoms with Crippen molar-refractivity contribution < 1.29 is 4.74 Å². The fourth-order valence-corrected chi connectivity index (χ4v) is 2.57. The maximum atomic E-state index is 6.11. The fraction of sp³-hybridized carbons (Fsp3) is 0.538. The van der Waals surface area contributed by atoms with Gasteiger partial charge in [-0.2, -0.15) is 0 Å². The molecule has 1 heterocycles. The molecule has 1 N–H and O–H groups in total. The minimum absolute atomic E-state index is 0.110. The van der Waals surface area contributed by atoms with Crippen LogP contribution in [-0.2, 0) is 11.3 Å². The highest BCUT2D eigenvalue weighted by atomic mass is 35.5. The molecule has 1 unspecified atom stereocenters. The molecule has 1 aromatic rings. The van der Waals surface area contributed by atoms with Crippen LogP contribution in [0.25, 0.3) is 0 Å². The van der Waals surface area contributed by atoms with Crippen LogP contribution in [0.1, 0.15) is 25.3 Å². The van der Waals surface area contributed by atoms with Gasteiger partial charge >= 0.3 is 0 Å². The molecule has 0 spiro atoms. The summed E-state index contributed by atoms with van der Waals surface area (Å²) in [6.45, 7) is 4.56. The smallest absolute Gasteiger partial charge is 0.0783 e. The molecule has 0 amide bonds. The number of halogens is 2. The first-order valence-corrected chi connectivity index (χ1v) is 6.64. The fourth-order valence-electron chi connectivity index (χ4n) is 2.07. The van der Waals surface area contributed by atoms with E-state index in [1.165, 1.54) is 0 Å². The molecule has 0 radical (unpaired) electrons. The van der Waals surface area contributed by atoms with Crippen LogP contribution in [0.3, 0.4) is 0 Å². The van der Waals surface area contributed by atoms with Gasteiger partial charge in [-0.3, -0.25) is 0 Å². The van der Waals surface area contributed by atoms with Crippen molar-refractivity contribution in [3.05, 3.63) is 33.8 Å². The van der Waals surface area contributed by atoms with Crippen molar-refractivity contribution in [3.8, 4) is 0 Å².